The summed E-state index contributed by atoms with van der Waals surface area (Å²) >= 11 is 0. The van der Waals surface area contributed by atoms with Crippen LogP contribution in [0.3, 0.4) is 0 Å². The average Bonchev–Trinajstić information content (AvgIpc) is 3.35. The van der Waals surface area contributed by atoms with Gasteiger partial charge in [0, 0.05) is 36.0 Å². The predicted octanol–water partition coefficient (Wildman–Crippen LogP) is 5.59. The highest BCUT2D eigenvalue weighted by Crippen LogP contribution is 2.27. The van der Waals surface area contributed by atoms with E-state index in [9.17, 15) is 9.59 Å². The molecule has 0 spiro atoms. The largest absolute Gasteiger partial charge is 0.444 e. The normalized spacial score (nSPS) is 14.9. The minimum atomic E-state index is -0.632. The Morgan fingerprint density at radius 1 is 1.05 bits per heavy atom. The lowest BCUT2D eigenvalue weighted by molar-refractivity contribution is 0.0396. The molecule has 2 aromatic heterocycles. The number of aromatic nitrogens is 3. The molecule has 5 rings (SSSR count). The molecule has 0 radical (unpaired) electrons. The van der Waals surface area contributed by atoms with Gasteiger partial charge in [-0.15, -0.1) is 0 Å². The molecule has 1 N–H and O–H groups in total. The number of nitrogens with one attached hydrogen (secondary N) is 1. The van der Waals surface area contributed by atoms with E-state index < -0.39 is 29.0 Å². The summed E-state index contributed by atoms with van der Waals surface area (Å²) in [5.74, 6) is -1.03. The van der Waals surface area contributed by atoms with Crippen LogP contribution in [0.15, 0.2) is 61.1 Å². The highest BCUT2D eigenvalue weighted by Gasteiger charge is 2.35. The Balaban J connectivity index is 1.30. The molecule has 0 aliphatic carbocycles. The molecule has 1 fully saturated rings. The van der Waals surface area contributed by atoms with Crippen molar-refractivity contribution in [3.63, 3.8) is 0 Å². The third kappa shape index (κ3) is 6.04. The van der Waals surface area contributed by atoms with E-state index in [1.807, 2.05) is 23.5 Å². The summed E-state index contributed by atoms with van der Waals surface area (Å²) in [6, 6.07) is 13.8. The monoisotopic (exact) mass is 554 g/mol. The number of benzene rings is 2. The molecule has 0 atom stereocenters. The average molecular weight is 555 g/mol. The van der Waals surface area contributed by atoms with Gasteiger partial charge in [-0.25, -0.2) is 14.2 Å². The fraction of sp³-hybridized carbons (Fsp3) is 0.323. The molecule has 3 heterocycles. The number of fused-ring (bicyclic) bond motifs is 1. The van der Waals surface area contributed by atoms with Gasteiger partial charge in [-0.3, -0.25) is 14.2 Å². The number of alkyl carbamates (subject to hydrolysis) is 1. The third-order valence-electron chi connectivity index (χ3n) is 7.16. The van der Waals surface area contributed by atoms with Gasteiger partial charge < -0.3 is 15.0 Å². The maximum atomic E-state index is 15.3. The number of hydrogen-bond acceptors (Lipinski definition) is 6. The van der Waals surface area contributed by atoms with Crippen molar-refractivity contribution in [2.24, 2.45) is 0 Å². The van der Waals surface area contributed by atoms with Crippen molar-refractivity contribution in [3.8, 4) is 28.6 Å². The molecule has 2 amide bonds. The van der Waals surface area contributed by atoms with E-state index in [1.54, 1.807) is 62.5 Å². The molecule has 1 aliphatic heterocycles. The van der Waals surface area contributed by atoms with Gasteiger partial charge in [-0.05, 0) is 64.8 Å². The lowest BCUT2D eigenvalue weighted by Crippen LogP contribution is -2.55. The summed E-state index contributed by atoms with van der Waals surface area (Å²) in [5.41, 5.74) is 2.77. The summed E-state index contributed by atoms with van der Waals surface area (Å²) in [4.78, 5) is 35.9. The van der Waals surface area contributed by atoms with Crippen molar-refractivity contribution in [1.29, 1.82) is 5.26 Å². The van der Waals surface area contributed by atoms with Crippen LogP contribution in [-0.4, -0.2) is 55.5 Å². The van der Waals surface area contributed by atoms with Gasteiger partial charge in [0.1, 0.15) is 11.4 Å². The molecular weight excluding hydrogens is 523 g/mol. The number of carbonyl (C=O) groups excluding carboxylic acids is 2. The van der Waals surface area contributed by atoms with E-state index in [0.29, 0.717) is 48.4 Å². The number of ether oxygens (including phenoxy) is 1. The Morgan fingerprint density at radius 2 is 1.73 bits per heavy atom. The number of nitrogens with zero attached hydrogens (tertiary/aromatic N) is 5. The minimum Gasteiger partial charge on any atom is -0.444 e. The standard InChI is InChI=1S/C31H31FN6O3/c1-30(2,3)41-29(40)36-31(4)11-13-37(14-12-31)28(39)23-10-9-22(15-24(23)32)25-19-38-26(17-35-27(38)18-34-25)21-7-5-20(16-33)6-8-21/h5-10,15,17-19H,11-14H2,1-4H3,(H,36,40). The number of carbonyl (C=O) groups is 2. The number of hydrogen-bond donors (Lipinski definition) is 1. The van der Waals surface area contributed by atoms with Gasteiger partial charge in [0.15, 0.2) is 5.65 Å². The van der Waals surface area contributed by atoms with E-state index in [-0.39, 0.29) is 5.56 Å². The van der Waals surface area contributed by atoms with Crippen LogP contribution in [0.2, 0.25) is 0 Å². The first-order chi connectivity index (χ1) is 19.4. The van der Waals surface area contributed by atoms with E-state index in [1.165, 1.54) is 12.1 Å². The van der Waals surface area contributed by atoms with E-state index in [2.05, 4.69) is 21.4 Å². The Bertz CT molecular complexity index is 1660. The summed E-state index contributed by atoms with van der Waals surface area (Å²) in [7, 11) is 0. The number of piperidine rings is 1. The molecular formula is C31H31FN6O3. The Morgan fingerprint density at radius 3 is 2.37 bits per heavy atom. The van der Waals surface area contributed by atoms with Crippen LogP contribution in [0.1, 0.15) is 56.5 Å². The number of amides is 2. The number of rotatable bonds is 4. The van der Waals surface area contributed by atoms with Crippen molar-refractivity contribution < 1.29 is 18.7 Å². The maximum absolute atomic E-state index is 15.3. The maximum Gasteiger partial charge on any atom is 0.408 e. The highest BCUT2D eigenvalue weighted by atomic mass is 19.1. The van der Waals surface area contributed by atoms with Gasteiger partial charge in [0.25, 0.3) is 5.91 Å². The summed E-state index contributed by atoms with van der Waals surface area (Å²) in [6.45, 7) is 8.09. The van der Waals surface area contributed by atoms with Gasteiger partial charge in [-0.1, -0.05) is 18.2 Å². The number of nitriles is 1. The van der Waals surface area contributed by atoms with Gasteiger partial charge in [0.2, 0.25) is 0 Å². The second-order valence-corrected chi connectivity index (χ2v) is 11.5. The molecule has 9 nitrogen and oxygen atoms in total. The zero-order valence-corrected chi connectivity index (χ0v) is 23.4. The van der Waals surface area contributed by atoms with Crippen LogP contribution in [-0.2, 0) is 4.74 Å². The zero-order valence-electron chi connectivity index (χ0n) is 23.4. The molecule has 0 bridgehead atoms. The van der Waals surface area contributed by atoms with Crippen molar-refractivity contribution in [2.75, 3.05) is 13.1 Å². The summed E-state index contributed by atoms with van der Waals surface area (Å²) in [5, 5.41) is 12.0. The molecule has 4 aromatic rings. The zero-order chi connectivity index (χ0) is 29.4. The Labute approximate surface area is 237 Å². The Kier molecular flexibility index (Phi) is 7.22. The van der Waals surface area contributed by atoms with Gasteiger partial charge >= 0.3 is 6.09 Å². The molecule has 0 saturated carbocycles. The highest BCUT2D eigenvalue weighted by molar-refractivity contribution is 5.95. The molecule has 210 valence electrons. The minimum absolute atomic E-state index is 0.0144. The fourth-order valence-corrected chi connectivity index (χ4v) is 4.86. The summed E-state index contributed by atoms with van der Waals surface area (Å²) in [6.07, 6.45) is 5.65. The molecule has 1 saturated heterocycles. The molecule has 41 heavy (non-hydrogen) atoms. The second-order valence-electron chi connectivity index (χ2n) is 11.5. The van der Waals surface area contributed by atoms with Crippen molar-refractivity contribution in [2.45, 2.75) is 51.7 Å². The molecule has 1 aliphatic rings. The van der Waals surface area contributed by atoms with Gasteiger partial charge in [0.05, 0.1) is 41.0 Å². The van der Waals surface area contributed by atoms with E-state index in [4.69, 9.17) is 10.00 Å². The van der Waals surface area contributed by atoms with Crippen molar-refractivity contribution in [3.05, 3.63) is 78.0 Å². The van der Waals surface area contributed by atoms with Crippen LogP contribution in [0, 0.1) is 17.1 Å². The van der Waals surface area contributed by atoms with Crippen LogP contribution in [0.25, 0.3) is 28.2 Å². The fourth-order valence-electron chi connectivity index (χ4n) is 4.86. The van der Waals surface area contributed by atoms with Crippen LogP contribution in [0.5, 0.6) is 0 Å². The van der Waals surface area contributed by atoms with Crippen LogP contribution in [0.4, 0.5) is 9.18 Å². The number of imidazole rings is 1. The topological polar surface area (TPSA) is 113 Å². The predicted molar refractivity (Wildman–Crippen MR) is 151 cm³/mol. The van der Waals surface area contributed by atoms with Crippen molar-refractivity contribution >= 4 is 17.6 Å². The Hall–Kier alpha value is -4.78. The SMILES string of the molecule is CC1(NC(=O)OC(C)(C)C)CCN(C(=O)c2ccc(-c3cn4c(-c5ccc(C#N)cc5)cnc4cn3)cc2F)CC1. The van der Waals surface area contributed by atoms with E-state index >= 15 is 4.39 Å². The second kappa shape index (κ2) is 10.7. The lowest BCUT2D eigenvalue weighted by Gasteiger charge is -2.40. The number of likely N-dealkylation sites (tertiary alicyclic amines) is 1. The quantitative estimate of drug-likeness (QED) is 0.352. The van der Waals surface area contributed by atoms with E-state index in [0.717, 1.165) is 11.3 Å². The first kappa shape index (κ1) is 27.8. The first-order valence-corrected chi connectivity index (χ1v) is 13.4. The molecule has 10 heteroatoms. The lowest BCUT2D eigenvalue weighted by atomic mass is 9.89. The summed E-state index contributed by atoms with van der Waals surface area (Å²) < 4.78 is 22.5. The van der Waals surface area contributed by atoms with Crippen LogP contribution < -0.4 is 5.32 Å². The smallest absolute Gasteiger partial charge is 0.408 e. The molecule has 2 aromatic carbocycles. The van der Waals surface area contributed by atoms with Crippen molar-refractivity contribution in [1.82, 2.24) is 24.6 Å². The number of halogens is 1. The third-order valence-corrected chi connectivity index (χ3v) is 7.16. The first-order valence-electron chi connectivity index (χ1n) is 13.4. The molecule has 0 unspecified atom stereocenters. The van der Waals surface area contributed by atoms with Gasteiger partial charge in [-0.2, -0.15) is 5.26 Å². The van der Waals surface area contributed by atoms with Crippen LogP contribution >= 0.6 is 0 Å².